The second-order valence-corrected chi connectivity index (χ2v) is 9.00. The molecule has 184 valence electrons. The second-order valence-electron chi connectivity index (χ2n) is 9.00. The van der Waals surface area contributed by atoms with Gasteiger partial charge in [0, 0.05) is 31.7 Å². The minimum Gasteiger partial charge on any atom is -0.454 e. The molecule has 0 radical (unpaired) electrons. The number of nitrogens with zero attached hydrogens (tertiary/aromatic N) is 1. The van der Waals surface area contributed by atoms with Crippen LogP contribution in [0.3, 0.4) is 0 Å². The van der Waals surface area contributed by atoms with Gasteiger partial charge in [0.1, 0.15) is 0 Å². The Morgan fingerprint density at radius 2 is 1.91 bits per heavy atom. The molecule has 2 heterocycles. The molecule has 9 heteroatoms. The van der Waals surface area contributed by atoms with Gasteiger partial charge in [-0.3, -0.25) is 9.69 Å². The van der Waals surface area contributed by atoms with Crippen LogP contribution in [0.15, 0.2) is 42.5 Å². The Morgan fingerprint density at radius 1 is 1.15 bits per heavy atom. The second kappa shape index (κ2) is 10.2. The number of hydrogen-bond donors (Lipinski definition) is 2. The van der Waals surface area contributed by atoms with E-state index < -0.39 is 11.7 Å². The third kappa shape index (κ3) is 5.64. The summed E-state index contributed by atoms with van der Waals surface area (Å²) in [4.78, 5) is 15.1. The molecule has 6 nitrogen and oxygen atoms in total. The number of carbonyl (C=O) groups is 1. The molecule has 0 spiro atoms. The first-order valence-corrected chi connectivity index (χ1v) is 11.5. The van der Waals surface area contributed by atoms with Crippen LogP contribution < -0.4 is 20.1 Å². The first-order valence-electron chi connectivity index (χ1n) is 11.5. The minimum atomic E-state index is -4.39. The number of hydrogen-bond acceptors (Lipinski definition) is 5. The number of carbonyl (C=O) groups excluding carboxylic acids is 1. The highest BCUT2D eigenvalue weighted by Crippen LogP contribution is 2.33. The van der Waals surface area contributed by atoms with Crippen molar-refractivity contribution >= 4 is 5.91 Å². The van der Waals surface area contributed by atoms with Gasteiger partial charge < -0.3 is 20.1 Å². The fourth-order valence-corrected chi connectivity index (χ4v) is 4.59. The standard InChI is InChI=1S/C25H30F3N3O3/c1-16(2)31-14-19(30-13-18-5-3-4-6-20(18)25(26,27)28)12-21(31)24(32)29-10-9-17-7-8-22-23(11-17)34-15-33-22/h3-8,11,16,19,21,30H,9-10,12-15H2,1-2H3,(H,29,32)/t19-,21-/m0/s1. The molecule has 2 aliphatic heterocycles. The van der Waals surface area contributed by atoms with Crippen LogP contribution in [-0.2, 0) is 23.9 Å². The van der Waals surface area contributed by atoms with Crippen molar-refractivity contribution in [3.63, 3.8) is 0 Å². The summed E-state index contributed by atoms with van der Waals surface area (Å²) in [6, 6.07) is 11.1. The molecule has 0 unspecified atom stereocenters. The average molecular weight is 478 g/mol. The maximum absolute atomic E-state index is 13.3. The molecule has 1 saturated heterocycles. The molecule has 2 aromatic rings. The predicted molar refractivity (Wildman–Crippen MR) is 122 cm³/mol. The molecule has 2 N–H and O–H groups in total. The van der Waals surface area contributed by atoms with Gasteiger partial charge >= 0.3 is 6.18 Å². The van der Waals surface area contributed by atoms with Crippen LogP contribution in [0.5, 0.6) is 11.5 Å². The smallest absolute Gasteiger partial charge is 0.416 e. The van der Waals surface area contributed by atoms with E-state index in [1.165, 1.54) is 12.1 Å². The van der Waals surface area contributed by atoms with Crippen molar-refractivity contribution in [3.8, 4) is 11.5 Å². The van der Waals surface area contributed by atoms with Crippen molar-refractivity contribution in [2.75, 3.05) is 19.9 Å². The Hall–Kier alpha value is -2.78. The van der Waals surface area contributed by atoms with Gasteiger partial charge in [-0.2, -0.15) is 13.2 Å². The van der Waals surface area contributed by atoms with Gasteiger partial charge in [0.15, 0.2) is 11.5 Å². The zero-order valence-corrected chi connectivity index (χ0v) is 19.3. The summed E-state index contributed by atoms with van der Waals surface area (Å²) >= 11 is 0. The molecule has 1 fully saturated rings. The van der Waals surface area contributed by atoms with E-state index >= 15 is 0 Å². The zero-order valence-electron chi connectivity index (χ0n) is 19.3. The third-order valence-electron chi connectivity index (χ3n) is 6.36. The Morgan fingerprint density at radius 3 is 2.68 bits per heavy atom. The Balaban J connectivity index is 1.31. The van der Waals surface area contributed by atoms with Crippen molar-refractivity contribution in [1.29, 1.82) is 0 Å². The highest BCUT2D eigenvalue weighted by Gasteiger charge is 2.38. The number of fused-ring (bicyclic) bond motifs is 1. The van der Waals surface area contributed by atoms with Gasteiger partial charge in [0.2, 0.25) is 12.7 Å². The monoisotopic (exact) mass is 477 g/mol. The lowest BCUT2D eigenvalue weighted by Gasteiger charge is -2.27. The van der Waals surface area contributed by atoms with Crippen molar-refractivity contribution < 1.29 is 27.4 Å². The molecule has 2 atom stereocenters. The van der Waals surface area contributed by atoms with E-state index in [0.29, 0.717) is 31.7 Å². The quantitative estimate of drug-likeness (QED) is 0.607. The maximum Gasteiger partial charge on any atom is 0.416 e. The fourth-order valence-electron chi connectivity index (χ4n) is 4.59. The lowest BCUT2D eigenvalue weighted by molar-refractivity contribution is -0.138. The molecule has 2 aromatic carbocycles. The van der Waals surface area contributed by atoms with Gasteiger partial charge in [0.05, 0.1) is 11.6 Å². The van der Waals surface area contributed by atoms with E-state index in [1.54, 1.807) is 6.07 Å². The Labute approximate surface area is 197 Å². The van der Waals surface area contributed by atoms with E-state index in [0.717, 1.165) is 17.4 Å². The number of nitrogens with one attached hydrogen (secondary N) is 2. The molecule has 1 amide bonds. The predicted octanol–water partition coefficient (Wildman–Crippen LogP) is 3.73. The maximum atomic E-state index is 13.3. The van der Waals surface area contributed by atoms with E-state index in [2.05, 4.69) is 15.5 Å². The van der Waals surface area contributed by atoms with Crippen molar-refractivity contribution in [1.82, 2.24) is 15.5 Å². The molecule has 0 aliphatic carbocycles. The van der Waals surface area contributed by atoms with E-state index in [-0.39, 0.29) is 42.9 Å². The van der Waals surface area contributed by atoms with Crippen LogP contribution in [0.4, 0.5) is 13.2 Å². The molecule has 0 saturated carbocycles. The van der Waals surface area contributed by atoms with E-state index in [9.17, 15) is 18.0 Å². The van der Waals surface area contributed by atoms with E-state index in [1.807, 2.05) is 32.0 Å². The van der Waals surface area contributed by atoms with Crippen molar-refractivity contribution in [3.05, 3.63) is 59.2 Å². The molecule has 0 bridgehead atoms. The summed E-state index contributed by atoms with van der Waals surface area (Å²) < 4.78 is 50.6. The molecule has 4 rings (SSSR count). The largest absolute Gasteiger partial charge is 0.454 e. The van der Waals surface area contributed by atoms with Crippen LogP contribution in [-0.4, -0.2) is 48.8 Å². The summed E-state index contributed by atoms with van der Waals surface area (Å²) in [5.74, 6) is 1.38. The number of likely N-dealkylation sites (tertiary alicyclic amines) is 1. The van der Waals surface area contributed by atoms with Crippen LogP contribution in [0.2, 0.25) is 0 Å². The van der Waals surface area contributed by atoms with Crippen LogP contribution in [0.1, 0.15) is 37.0 Å². The number of rotatable bonds is 8. The fraction of sp³-hybridized carbons (Fsp3) is 0.480. The molecule has 2 aliphatic rings. The van der Waals surface area contributed by atoms with Gasteiger partial charge in [0.25, 0.3) is 0 Å². The summed E-state index contributed by atoms with van der Waals surface area (Å²) in [6.45, 7) is 5.45. The lowest BCUT2D eigenvalue weighted by Crippen LogP contribution is -2.46. The van der Waals surface area contributed by atoms with Crippen molar-refractivity contribution in [2.24, 2.45) is 0 Å². The Bertz CT molecular complexity index is 1010. The number of alkyl halides is 3. The molecular formula is C25H30F3N3O3. The summed E-state index contributed by atoms with van der Waals surface area (Å²) in [5, 5.41) is 6.26. The normalized spacial score (nSPS) is 20.2. The van der Waals surface area contributed by atoms with Crippen molar-refractivity contribution in [2.45, 2.75) is 57.5 Å². The van der Waals surface area contributed by atoms with Gasteiger partial charge in [-0.25, -0.2) is 0 Å². The number of halogens is 3. The first kappa shape index (κ1) is 24.3. The summed E-state index contributed by atoms with van der Waals surface area (Å²) in [6.07, 6.45) is -3.19. The minimum absolute atomic E-state index is 0.0607. The highest BCUT2D eigenvalue weighted by atomic mass is 19.4. The number of benzene rings is 2. The first-order chi connectivity index (χ1) is 16.2. The van der Waals surface area contributed by atoms with Crippen LogP contribution in [0.25, 0.3) is 0 Å². The van der Waals surface area contributed by atoms with Gasteiger partial charge in [-0.15, -0.1) is 0 Å². The average Bonchev–Trinajstić information content (AvgIpc) is 3.44. The third-order valence-corrected chi connectivity index (χ3v) is 6.36. The SMILES string of the molecule is CC(C)N1C[C@@H](NCc2ccccc2C(F)(F)F)C[C@H]1C(=O)NCCc1ccc2c(c1)OCO2. The number of ether oxygens (including phenoxy) is 2. The summed E-state index contributed by atoms with van der Waals surface area (Å²) in [5.41, 5.74) is 0.626. The summed E-state index contributed by atoms with van der Waals surface area (Å²) in [7, 11) is 0. The molecule has 34 heavy (non-hydrogen) atoms. The van der Waals surface area contributed by atoms with Crippen LogP contribution in [0, 0.1) is 0 Å². The van der Waals surface area contributed by atoms with E-state index in [4.69, 9.17) is 9.47 Å². The Kier molecular flexibility index (Phi) is 7.33. The highest BCUT2D eigenvalue weighted by molar-refractivity contribution is 5.82. The lowest BCUT2D eigenvalue weighted by atomic mass is 10.1. The van der Waals surface area contributed by atoms with Crippen LogP contribution >= 0.6 is 0 Å². The topological polar surface area (TPSA) is 62.8 Å². The number of amides is 1. The molecule has 0 aromatic heterocycles. The van der Waals surface area contributed by atoms with Gasteiger partial charge in [-0.1, -0.05) is 24.3 Å². The van der Waals surface area contributed by atoms with Gasteiger partial charge in [-0.05, 0) is 56.0 Å². The molecular weight excluding hydrogens is 447 g/mol. The zero-order chi connectivity index (χ0) is 24.3.